The van der Waals surface area contributed by atoms with Crippen LogP contribution in [0.2, 0.25) is 0 Å². The monoisotopic (exact) mass is 595 g/mol. The van der Waals surface area contributed by atoms with Gasteiger partial charge in [-0.05, 0) is 62.1 Å². The van der Waals surface area contributed by atoms with Crippen LogP contribution in [-0.2, 0) is 15.9 Å². The molecule has 228 valence electrons. The zero-order valence-corrected chi connectivity index (χ0v) is 25.0. The Hall–Kier alpha value is -4.21. The number of rotatable bonds is 9. The van der Waals surface area contributed by atoms with E-state index in [0.717, 1.165) is 34.8 Å². The highest BCUT2D eigenvalue weighted by Gasteiger charge is 2.50. The molecule has 0 bridgehead atoms. The number of aliphatic hydroxyl groups excluding tert-OH is 2. The Labute approximate surface area is 256 Å². The number of aryl methyl sites for hydroxylation is 1. The number of para-hydroxylation sites is 2. The van der Waals surface area contributed by atoms with Crippen molar-refractivity contribution in [2.24, 2.45) is 0 Å². The Morgan fingerprint density at radius 3 is 2.43 bits per heavy atom. The van der Waals surface area contributed by atoms with Crippen molar-refractivity contribution in [1.29, 1.82) is 0 Å². The van der Waals surface area contributed by atoms with Crippen molar-refractivity contribution >= 4 is 27.8 Å². The van der Waals surface area contributed by atoms with Gasteiger partial charge >= 0.3 is 0 Å². The second-order valence-corrected chi connectivity index (χ2v) is 11.7. The van der Waals surface area contributed by atoms with Gasteiger partial charge < -0.3 is 34.2 Å². The highest BCUT2D eigenvalue weighted by molar-refractivity contribution is 6.12. The zero-order chi connectivity index (χ0) is 30.8. The first kappa shape index (κ1) is 29.8. The van der Waals surface area contributed by atoms with Crippen molar-refractivity contribution in [3.05, 3.63) is 102 Å². The number of nitrogens with one attached hydrogen (secondary N) is 1. The van der Waals surface area contributed by atoms with E-state index in [2.05, 4.69) is 17.4 Å². The number of hydrogen-bond acceptors (Lipinski definition) is 7. The third-order valence-corrected chi connectivity index (χ3v) is 8.25. The van der Waals surface area contributed by atoms with Gasteiger partial charge in [-0.2, -0.15) is 0 Å². The largest absolute Gasteiger partial charge is 0.462 e. The first-order chi connectivity index (χ1) is 21.3. The maximum Gasteiger partial charge on any atom is 0.252 e. The van der Waals surface area contributed by atoms with E-state index < -0.39 is 30.2 Å². The van der Waals surface area contributed by atoms with E-state index in [1.54, 1.807) is 26.0 Å². The maximum absolute atomic E-state index is 13.8. The van der Waals surface area contributed by atoms with Crippen LogP contribution in [0.1, 0.15) is 36.2 Å². The van der Waals surface area contributed by atoms with Gasteiger partial charge in [0.1, 0.15) is 35.2 Å². The maximum atomic E-state index is 13.8. The lowest BCUT2D eigenvalue weighted by molar-refractivity contribution is -0.305. The number of furan rings is 1. The fourth-order valence-electron chi connectivity index (χ4n) is 6.05. The van der Waals surface area contributed by atoms with Gasteiger partial charge in [0.25, 0.3) is 5.91 Å². The van der Waals surface area contributed by atoms with Gasteiger partial charge in [0.2, 0.25) is 6.29 Å². The lowest BCUT2D eigenvalue weighted by atomic mass is 9.89. The van der Waals surface area contributed by atoms with Crippen molar-refractivity contribution in [2.75, 3.05) is 13.7 Å². The number of methoxy groups -OCH3 is 1. The first-order valence-electron chi connectivity index (χ1n) is 14.9. The van der Waals surface area contributed by atoms with Gasteiger partial charge in [-0.3, -0.25) is 4.79 Å². The summed E-state index contributed by atoms with van der Waals surface area (Å²) in [6, 6.07) is 29.1. The molecule has 0 aliphatic carbocycles. The summed E-state index contributed by atoms with van der Waals surface area (Å²) in [6.45, 7) is 4.01. The molecule has 8 nitrogen and oxygen atoms in total. The van der Waals surface area contributed by atoms with Gasteiger partial charge in [-0.1, -0.05) is 66.7 Å². The summed E-state index contributed by atoms with van der Waals surface area (Å²) < 4.78 is 23.8. The van der Waals surface area contributed by atoms with Gasteiger partial charge in [0.15, 0.2) is 0 Å². The van der Waals surface area contributed by atoms with E-state index in [0.29, 0.717) is 29.0 Å². The molecule has 1 aliphatic heterocycles. The summed E-state index contributed by atoms with van der Waals surface area (Å²) in [7, 11) is 1.46. The smallest absolute Gasteiger partial charge is 0.252 e. The molecule has 1 aliphatic rings. The van der Waals surface area contributed by atoms with Crippen molar-refractivity contribution < 1.29 is 33.6 Å². The number of ether oxygens (including phenoxy) is 3. The molecule has 1 aromatic heterocycles. The van der Waals surface area contributed by atoms with Crippen LogP contribution < -0.4 is 10.1 Å². The minimum atomic E-state index is -1.37. The fourth-order valence-corrected chi connectivity index (χ4v) is 6.05. The quantitative estimate of drug-likeness (QED) is 0.183. The molecule has 5 aromatic rings. The number of carbonyl (C=O) groups is 1. The molecule has 0 unspecified atom stereocenters. The average molecular weight is 596 g/mol. The Balaban J connectivity index is 1.33. The van der Waals surface area contributed by atoms with Crippen LogP contribution in [0, 0.1) is 0 Å². The second kappa shape index (κ2) is 12.4. The third-order valence-electron chi connectivity index (χ3n) is 8.25. The molecule has 2 heterocycles. The zero-order valence-electron chi connectivity index (χ0n) is 25.0. The lowest BCUT2D eigenvalue weighted by Crippen LogP contribution is -2.63. The number of carbonyl (C=O) groups excluding carboxylic acids is 1. The highest BCUT2D eigenvalue weighted by Crippen LogP contribution is 2.39. The predicted molar refractivity (Wildman–Crippen MR) is 169 cm³/mol. The lowest BCUT2D eigenvalue weighted by Gasteiger charge is -2.46. The number of aliphatic hydroxyl groups is 2. The number of amides is 1. The minimum Gasteiger partial charge on any atom is -0.462 e. The van der Waals surface area contributed by atoms with E-state index in [4.69, 9.17) is 18.6 Å². The van der Waals surface area contributed by atoms with E-state index >= 15 is 0 Å². The minimum absolute atomic E-state index is 0.267. The molecule has 1 saturated heterocycles. The number of hydrogen-bond donors (Lipinski definition) is 3. The second-order valence-electron chi connectivity index (χ2n) is 11.7. The molecule has 1 fully saturated rings. The van der Waals surface area contributed by atoms with Crippen LogP contribution in [0.4, 0.5) is 0 Å². The topological polar surface area (TPSA) is 110 Å². The number of benzene rings is 4. The summed E-state index contributed by atoms with van der Waals surface area (Å²) >= 11 is 0. The average Bonchev–Trinajstić information content (AvgIpc) is 3.41. The molecule has 1 amide bonds. The summed E-state index contributed by atoms with van der Waals surface area (Å²) in [4.78, 5) is 13.8. The summed E-state index contributed by atoms with van der Waals surface area (Å²) in [6.07, 6.45) is -2.92. The van der Waals surface area contributed by atoms with Gasteiger partial charge in [-0.15, -0.1) is 0 Å². The Kier molecular flexibility index (Phi) is 8.42. The first-order valence-corrected chi connectivity index (χ1v) is 14.9. The molecule has 6 rings (SSSR count). The molecule has 4 aromatic carbocycles. The van der Waals surface area contributed by atoms with Crippen molar-refractivity contribution in [2.45, 2.75) is 56.9 Å². The van der Waals surface area contributed by atoms with E-state index in [1.165, 1.54) is 12.7 Å². The van der Waals surface area contributed by atoms with Gasteiger partial charge in [-0.25, -0.2) is 0 Å². The number of fused-ring (bicyclic) bond motifs is 3. The fraction of sp³-hybridized carbons (Fsp3) is 0.306. The van der Waals surface area contributed by atoms with Crippen LogP contribution >= 0.6 is 0 Å². The molecule has 4 atom stereocenters. The van der Waals surface area contributed by atoms with Gasteiger partial charge in [0.05, 0.1) is 11.2 Å². The van der Waals surface area contributed by atoms with Crippen LogP contribution in [0.15, 0.2) is 95.4 Å². The molecule has 0 radical (unpaired) electrons. The molecular formula is C36H37NO7. The summed E-state index contributed by atoms with van der Waals surface area (Å²) in [5.41, 5.74) is 3.55. The standard InChI is InChI=1S/C36H37NO7/c1-36(2)33(41-3)30(38)31(39)35(44-36)42-23-18-19-24(26-15-9-16-27-25-14-7-8-17-29(25)43-32(26)27)28(21-23)34(40)37-20-10-13-22-11-5-4-6-12-22/h4-9,11-12,14-19,21,30-31,33,35,38-39H,10,13,20H2,1-3H3,(H,37,40)/t30-,31+,33+,35-/m0/s1. The van der Waals surface area contributed by atoms with Crippen LogP contribution in [0.3, 0.4) is 0 Å². The van der Waals surface area contributed by atoms with Crippen LogP contribution in [-0.4, -0.2) is 60.0 Å². The van der Waals surface area contributed by atoms with Crippen LogP contribution in [0.25, 0.3) is 33.1 Å². The van der Waals surface area contributed by atoms with E-state index in [-0.39, 0.29) is 5.91 Å². The molecule has 8 heteroatoms. The van der Waals surface area contributed by atoms with Crippen molar-refractivity contribution in [1.82, 2.24) is 5.32 Å². The highest BCUT2D eigenvalue weighted by atomic mass is 16.7. The summed E-state index contributed by atoms with van der Waals surface area (Å²) in [5.74, 6) is 0.0411. The Bertz CT molecular complexity index is 1760. The van der Waals surface area contributed by atoms with Crippen LogP contribution in [0.5, 0.6) is 5.75 Å². The van der Waals surface area contributed by atoms with E-state index in [1.807, 2.05) is 66.7 Å². The van der Waals surface area contributed by atoms with E-state index in [9.17, 15) is 15.0 Å². The van der Waals surface area contributed by atoms with Gasteiger partial charge in [0, 0.05) is 30.0 Å². The predicted octanol–water partition coefficient (Wildman–Crippen LogP) is 5.87. The SMILES string of the molecule is CO[C@@H]1[C@@H](O)[C@@H](O)[C@@H](Oc2ccc(-c3cccc4c3oc3ccccc34)c(C(=O)NCCCc3ccccc3)c2)OC1(C)C. The Morgan fingerprint density at radius 1 is 0.886 bits per heavy atom. The normalized spacial score (nSPS) is 21.4. The molecule has 44 heavy (non-hydrogen) atoms. The van der Waals surface area contributed by atoms with Crippen molar-refractivity contribution in [3.8, 4) is 16.9 Å². The molecule has 0 spiro atoms. The molecular weight excluding hydrogens is 558 g/mol. The molecule has 0 saturated carbocycles. The summed E-state index contributed by atoms with van der Waals surface area (Å²) in [5, 5.41) is 26.5. The molecule has 3 N–H and O–H groups in total. The third kappa shape index (κ3) is 5.81. The Morgan fingerprint density at radius 2 is 1.64 bits per heavy atom. The van der Waals surface area contributed by atoms with Crippen molar-refractivity contribution in [3.63, 3.8) is 0 Å².